The topological polar surface area (TPSA) is 61.0 Å². The summed E-state index contributed by atoms with van der Waals surface area (Å²) in [4.78, 5) is 20.9. The average molecular weight is 263 g/mol. The molecule has 3 aromatic rings. The van der Waals surface area contributed by atoms with Crippen molar-refractivity contribution < 1.29 is 0 Å². The summed E-state index contributed by atoms with van der Waals surface area (Å²) in [5.41, 5.74) is 3.27. The second-order valence-electron chi connectivity index (χ2n) is 4.36. The molecule has 20 heavy (non-hydrogen) atoms. The number of aliphatic imine (C=N–C) groups is 1. The maximum Gasteiger partial charge on any atom is 0.323 e. The van der Waals surface area contributed by atoms with Crippen LogP contribution in [0.2, 0.25) is 0 Å². The third-order valence-electron chi connectivity index (χ3n) is 2.90. The van der Waals surface area contributed by atoms with Gasteiger partial charge in [-0.1, -0.05) is 36.4 Å². The number of nitrogens with zero attached hydrogens (tertiary/aromatic N) is 1. The number of hydrogen-bond donors (Lipinski definition) is 2. The third kappa shape index (κ3) is 2.75. The first-order chi connectivity index (χ1) is 9.81. The van der Waals surface area contributed by atoms with Gasteiger partial charge >= 0.3 is 5.69 Å². The molecule has 3 rings (SSSR count). The molecule has 4 nitrogen and oxygen atoms in total. The van der Waals surface area contributed by atoms with E-state index in [9.17, 15) is 4.79 Å². The van der Waals surface area contributed by atoms with Gasteiger partial charge in [-0.15, -0.1) is 0 Å². The molecule has 4 heteroatoms. The minimum atomic E-state index is -0.204. The lowest BCUT2D eigenvalue weighted by atomic mass is 10.2. The van der Waals surface area contributed by atoms with Crippen LogP contribution in [0.25, 0.3) is 17.1 Å². The van der Waals surface area contributed by atoms with E-state index in [1.807, 2.05) is 60.7 Å². The van der Waals surface area contributed by atoms with Crippen LogP contribution in [-0.4, -0.2) is 16.2 Å². The number of hydrogen-bond acceptors (Lipinski definition) is 2. The highest BCUT2D eigenvalue weighted by molar-refractivity contribution is 5.83. The van der Waals surface area contributed by atoms with E-state index in [-0.39, 0.29) is 5.69 Å². The van der Waals surface area contributed by atoms with E-state index in [0.717, 1.165) is 22.3 Å². The first-order valence-electron chi connectivity index (χ1n) is 6.29. The Morgan fingerprint density at radius 1 is 0.950 bits per heavy atom. The molecule has 0 atom stereocenters. The standard InChI is InChI=1S/C16H13N3O/c20-16-18-14-9-8-13(11-15(14)19-16)17-10-4-7-12-5-2-1-3-6-12/h1-11H,(H2,18,19,20). The smallest absolute Gasteiger partial charge is 0.306 e. The Hall–Kier alpha value is -2.88. The van der Waals surface area contributed by atoms with Gasteiger partial charge in [0.1, 0.15) is 0 Å². The number of allylic oxidation sites excluding steroid dienone is 1. The van der Waals surface area contributed by atoms with Crippen molar-refractivity contribution in [2.75, 3.05) is 0 Å². The van der Waals surface area contributed by atoms with Crippen LogP contribution in [0.4, 0.5) is 5.69 Å². The largest absolute Gasteiger partial charge is 0.323 e. The first-order valence-corrected chi connectivity index (χ1v) is 6.29. The Bertz CT molecular complexity index is 826. The lowest BCUT2D eigenvalue weighted by Crippen LogP contribution is -1.99. The minimum Gasteiger partial charge on any atom is -0.306 e. The van der Waals surface area contributed by atoms with Crippen molar-refractivity contribution in [2.45, 2.75) is 0 Å². The van der Waals surface area contributed by atoms with Gasteiger partial charge in [0.15, 0.2) is 0 Å². The van der Waals surface area contributed by atoms with Gasteiger partial charge in [-0.2, -0.15) is 0 Å². The molecule has 0 aliphatic rings. The van der Waals surface area contributed by atoms with Gasteiger partial charge in [0, 0.05) is 6.21 Å². The number of aromatic nitrogens is 2. The third-order valence-corrected chi connectivity index (χ3v) is 2.90. The van der Waals surface area contributed by atoms with E-state index in [1.54, 1.807) is 6.21 Å². The molecule has 0 amide bonds. The monoisotopic (exact) mass is 263 g/mol. The van der Waals surface area contributed by atoms with E-state index >= 15 is 0 Å². The zero-order valence-corrected chi connectivity index (χ0v) is 10.7. The van der Waals surface area contributed by atoms with Crippen LogP contribution in [0.15, 0.2) is 64.4 Å². The molecule has 1 heterocycles. The van der Waals surface area contributed by atoms with E-state index in [4.69, 9.17) is 0 Å². The Morgan fingerprint density at radius 2 is 1.75 bits per heavy atom. The quantitative estimate of drug-likeness (QED) is 0.700. The highest BCUT2D eigenvalue weighted by Gasteiger charge is 1.97. The van der Waals surface area contributed by atoms with E-state index in [1.165, 1.54) is 0 Å². The second kappa shape index (κ2) is 5.40. The summed E-state index contributed by atoms with van der Waals surface area (Å²) in [6.07, 6.45) is 5.61. The maximum absolute atomic E-state index is 11.2. The van der Waals surface area contributed by atoms with E-state index in [0.29, 0.717) is 0 Å². The van der Waals surface area contributed by atoms with Crippen molar-refractivity contribution in [1.82, 2.24) is 9.97 Å². The fourth-order valence-electron chi connectivity index (χ4n) is 1.95. The molecule has 0 spiro atoms. The zero-order valence-electron chi connectivity index (χ0n) is 10.7. The minimum absolute atomic E-state index is 0.204. The van der Waals surface area contributed by atoms with Crippen molar-refractivity contribution in [3.05, 3.63) is 70.7 Å². The molecule has 0 unspecified atom stereocenters. The molecule has 1 aromatic heterocycles. The van der Waals surface area contributed by atoms with Gasteiger partial charge < -0.3 is 9.97 Å². The Morgan fingerprint density at radius 3 is 2.60 bits per heavy atom. The van der Waals surface area contributed by atoms with Gasteiger partial charge in [-0.3, -0.25) is 4.99 Å². The maximum atomic E-state index is 11.2. The van der Waals surface area contributed by atoms with Crippen molar-refractivity contribution in [3.63, 3.8) is 0 Å². The first kappa shape index (κ1) is 12.2. The Labute approximate surface area is 115 Å². The second-order valence-corrected chi connectivity index (χ2v) is 4.36. The molecule has 0 aliphatic heterocycles. The molecule has 98 valence electrons. The fraction of sp³-hybridized carbons (Fsp3) is 0. The van der Waals surface area contributed by atoms with Crippen LogP contribution < -0.4 is 5.69 Å². The molecule has 0 saturated heterocycles. The summed E-state index contributed by atoms with van der Waals surface area (Å²) in [6, 6.07) is 15.6. The molecule has 2 aromatic carbocycles. The number of aromatic amines is 2. The molecule has 0 radical (unpaired) electrons. The van der Waals surface area contributed by atoms with Gasteiger partial charge in [-0.25, -0.2) is 4.79 Å². The summed E-state index contributed by atoms with van der Waals surface area (Å²) in [5.74, 6) is 0. The molecule has 0 bridgehead atoms. The molecular weight excluding hydrogens is 250 g/mol. The van der Waals surface area contributed by atoms with Gasteiger partial charge in [-0.05, 0) is 29.8 Å². The predicted octanol–water partition coefficient (Wildman–Crippen LogP) is 3.27. The summed E-state index contributed by atoms with van der Waals surface area (Å²) < 4.78 is 0. The molecule has 0 fully saturated rings. The van der Waals surface area contributed by atoms with Crippen LogP contribution in [0, 0.1) is 0 Å². The van der Waals surface area contributed by atoms with Crippen LogP contribution in [0.3, 0.4) is 0 Å². The number of imidazole rings is 1. The number of rotatable bonds is 3. The van der Waals surface area contributed by atoms with Crippen LogP contribution in [-0.2, 0) is 0 Å². The molecular formula is C16H13N3O. The average Bonchev–Trinajstić information content (AvgIpc) is 2.84. The molecule has 0 saturated carbocycles. The normalized spacial score (nSPS) is 11.8. The summed E-state index contributed by atoms with van der Waals surface area (Å²) in [6.45, 7) is 0. The van der Waals surface area contributed by atoms with E-state index in [2.05, 4.69) is 15.0 Å². The Kier molecular flexibility index (Phi) is 3.29. The lowest BCUT2D eigenvalue weighted by molar-refractivity contribution is 1.21. The van der Waals surface area contributed by atoms with Crippen molar-refractivity contribution in [2.24, 2.45) is 4.99 Å². The van der Waals surface area contributed by atoms with Crippen molar-refractivity contribution in [1.29, 1.82) is 0 Å². The summed E-state index contributed by atoms with van der Waals surface area (Å²) >= 11 is 0. The van der Waals surface area contributed by atoms with Crippen molar-refractivity contribution in [3.8, 4) is 0 Å². The summed E-state index contributed by atoms with van der Waals surface area (Å²) in [5, 5.41) is 0. The lowest BCUT2D eigenvalue weighted by Gasteiger charge is -1.92. The number of nitrogens with one attached hydrogen (secondary N) is 2. The van der Waals surface area contributed by atoms with Crippen molar-refractivity contribution >= 4 is 29.0 Å². The fourth-order valence-corrected chi connectivity index (χ4v) is 1.95. The predicted molar refractivity (Wildman–Crippen MR) is 82.5 cm³/mol. The SMILES string of the molecule is O=c1[nH]c2ccc(N=CC=Cc3ccccc3)cc2[nH]1. The molecule has 0 aliphatic carbocycles. The number of benzene rings is 2. The van der Waals surface area contributed by atoms with Gasteiger partial charge in [0.05, 0.1) is 16.7 Å². The number of H-pyrrole nitrogens is 2. The van der Waals surface area contributed by atoms with Crippen LogP contribution in [0.5, 0.6) is 0 Å². The zero-order chi connectivity index (χ0) is 13.8. The van der Waals surface area contributed by atoms with E-state index < -0.39 is 0 Å². The van der Waals surface area contributed by atoms with Crippen LogP contribution >= 0.6 is 0 Å². The van der Waals surface area contributed by atoms with Gasteiger partial charge in [0.2, 0.25) is 0 Å². The molecule has 2 N–H and O–H groups in total. The van der Waals surface area contributed by atoms with Crippen LogP contribution in [0.1, 0.15) is 5.56 Å². The number of fused-ring (bicyclic) bond motifs is 1. The summed E-state index contributed by atoms with van der Waals surface area (Å²) in [7, 11) is 0. The Balaban J connectivity index is 1.77. The highest BCUT2D eigenvalue weighted by Crippen LogP contribution is 2.16. The highest BCUT2D eigenvalue weighted by atomic mass is 16.1. The van der Waals surface area contributed by atoms with Gasteiger partial charge in [0.25, 0.3) is 0 Å².